The van der Waals surface area contributed by atoms with Gasteiger partial charge in [0.1, 0.15) is 0 Å². The quantitative estimate of drug-likeness (QED) is 0.653. The number of hydrogen-bond acceptors (Lipinski definition) is 4. The lowest BCUT2D eigenvalue weighted by Gasteiger charge is -2.29. The number of allylic oxidation sites excluding steroid dienone is 1. The zero-order valence-corrected chi connectivity index (χ0v) is 16.2. The summed E-state index contributed by atoms with van der Waals surface area (Å²) in [6.45, 7) is 5.66. The molecule has 1 heterocycles. The number of methoxy groups -OCH3 is 1. The van der Waals surface area contributed by atoms with Crippen molar-refractivity contribution in [1.29, 1.82) is 0 Å². The van der Waals surface area contributed by atoms with E-state index < -0.39 is 12.1 Å². The van der Waals surface area contributed by atoms with Crippen molar-refractivity contribution >= 4 is 17.6 Å². The van der Waals surface area contributed by atoms with Crippen LogP contribution in [0.4, 0.5) is 10.5 Å². The first kappa shape index (κ1) is 19.3. The third-order valence-corrected chi connectivity index (χ3v) is 4.82. The van der Waals surface area contributed by atoms with Crippen molar-refractivity contribution in [2.24, 2.45) is 0 Å². The number of phenolic OH excluding ortho intramolecular Hbond substituents is 1. The average molecular weight is 381 g/mol. The van der Waals surface area contributed by atoms with Gasteiger partial charge < -0.3 is 25.8 Å². The summed E-state index contributed by atoms with van der Waals surface area (Å²) in [4.78, 5) is 25.1. The number of anilines is 1. The van der Waals surface area contributed by atoms with Crippen LogP contribution >= 0.6 is 0 Å². The van der Waals surface area contributed by atoms with Gasteiger partial charge in [-0.1, -0.05) is 12.1 Å². The maximum Gasteiger partial charge on any atom is 0.319 e. The highest BCUT2D eigenvalue weighted by Crippen LogP contribution is 2.33. The highest BCUT2D eigenvalue weighted by Gasteiger charge is 2.31. The number of aromatic hydroxyl groups is 1. The maximum atomic E-state index is 13.0. The van der Waals surface area contributed by atoms with Crippen LogP contribution in [0.1, 0.15) is 29.7 Å². The summed E-state index contributed by atoms with van der Waals surface area (Å²) < 4.78 is 5.15. The van der Waals surface area contributed by atoms with Gasteiger partial charge >= 0.3 is 6.03 Å². The van der Waals surface area contributed by atoms with Crippen molar-refractivity contribution < 1.29 is 19.4 Å². The number of carbonyl (C=O) groups excluding carboxylic acids is 2. The first-order valence-electron chi connectivity index (χ1n) is 8.84. The Labute approximate surface area is 163 Å². The number of carbonyl (C=O) groups is 2. The molecule has 2 aromatic carbocycles. The van der Waals surface area contributed by atoms with E-state index in [2.05, 4.69) is 16.0 Å². The van der Waals surface area contributed by atoms with Crippen LogP contribution in [0.15, 0.2) is 47.7 Å². The Morgan fingerprint density at radius 1 is 1.11 bits per heavy atom. The molecule has 7 nitrogen and oxygen atoms in total. The molecule has 3 rings (SSSR count). The minimum absolute atomic E-state index is 0.0201. The number of aryl methyl sites for hydroxylation is 2. The molecule has 0 fully saturated rings. The van der Waals surface area contributed by atoms with Crippen molar-refractivity contribution in [3.05, 3.63) is 64.4 Å². The summed E-state index contributed by atoms with van der Waals surface area (Å²) in [6.07, 6.45) is 0. The molecule has 0 radical (unpaired) electrons. The van der Waals surface area contributed by atoms with Gasteiger partial charge in [-0.3, -0.25) is 4.79 Å². The van der Waals surface area contributed by atoms with Gasteiger partial charge in [-0.05, 0) is 61.7 Å². The third-order valence-electron chi connectivity index (χ3n) is 4.82. The lowest BCUT2D eigenvalue weighted by Crippen LogP contribution is -2.45. The summed E-state index contributed by atoms with van der Waals surface area (Å²) in [5.74, 6) is -0.0875. The number of ether oxygens (including phenoxy) is 1. The molecule has 0 aromatic heterocycles. The summed E-state index contributed by atoms with van der Waals surface area (Å²) in [5.41, 5.74) is 4.33. The van der Waals surface area contributed by atoms with Crippen molar-refractivity contribution in [3.63, 3.8) is 0 Å². The molecule has 2 aromatic rings. The van der Waals surface area contributed by atoms with Crippen LogP contribution in [-0.4, -0.2) is 24.2 Å². The molecular formula is C21H23N3O4. The number of rotatable bonds is 4. The molecule has 3 amide bonds. The lowest BCUT2D eigenvalue weighted by atomic mass is 9.94. The van der Waals surface area contributed by atoms with E-state index in [4.69, 9.17) is 4.74 Å². The molecule has 28 heavy (non-hydrogen) atoms. The van der Waals surface area contributed by atoms with Crippen LogP contribution in [0.3, 0.4) is 0 Å². The Kier molecular flexibility index (Phi) is 5.26. The van der Waals surface area contributed by atoms with Gasteiger partial charge in [0.15, 0.2) is 11.5 Å². The van der Waals surface area contributed by atoms with Gasteiger partial charge in [-0.25, -0.2) is 4.79 Å². The van der Waals surface area contributed by atoms with E-state index in [1.807, 2.05) is 32.0 Å². The van der Waals surface area contributed by atoms with E-state index >= 15 is 0 Å². The van der Waals surface area contributed by atoms with Crippen LogP contribution in [-0.2, 0) is 4.79 Å². The van der Waals surface area contributed by atoms with Crippen LogP contribution in [0.2, 0.25) is 0 Å². The van der Waals surface area contributed by atoms with E-state index in [0.717, 1.165) is 11.1 Å². The summed E-state index contributed by atoms with van der Waals surface area (Å²) >= 11 is 0. The molecule has 1 aliphatic rings. The third kappa shape index (κ3) is 3.78. The Balaban J connectivity index is 1.97. The topological polar surface area (TPSA) is 99.7 Å². The first-order chi connectivity index (χ1) is 13.3. The van der Waals surface area contributed by atoms with Crippen molar-refractivity contribution in [2.75, 3.05) is 12.4 Å². The Morgan fingerprint density at radius 3 is 2.54 bits per heavy atom. The van der Waals surface area contributed by atoms with Gasteiger partial charge in [0.2, 0.25) is 0 Å². The predicted octanol–water partition coefficient (Wildman–Crippen LogP) is 3.28. The van der Waals surface area contributed by atoms with E-state index in [1.165, 1.54) is 13.2 Å². The second-order valence-corrected chi connectivity index (χ2v) is 6.75. The normalized spacial score (nSPS) is 16.3. The number of benzene rings is 2. The van der Waals surface area contributed by atoms with Gasteiger partial charge in [-0.15, -0.1) is 0 Å². The summed E-state index contributed by atoms with van der Waals surface area (Å²) in [5, 5.41) is 18.1. The fourth-order valence-corrected chi connectivity index (χ4v) is 3.14. The number of hydrogen-bond donors (Lipinski definition) is 4. The fraction of sp³-hybridized carbons (Fsp3) is 0.238. The molecular weight excluding hydrogens is 358 g/mol. The van der Waals surface area contributed by atoms with Crippen LogP contribution in [0, 0.1) is 13.8 Å². The number of amides is 3. The fourth-order valence-electron chi connectivity index (χ4n) is 3.14. The van der Waals surface area contributed by atoms with Gasteiger partial charge in [0, 0.05) is 11.4 Å². The molecule has 0 aliphatic carbocycles. The van der Waals surface area contributed by atoms with E-state index in [0.29, 0.717) is 22.5 Å². The second kappa shape index (κ2) is 7.64. The Morgan fingerprint density at radius 2 is 1.86 bits per heavy atom. The SMILES string of the molecule is COc1cc(C2NC(=O)NC(C)=C2C(=O)Nc2ccc(C)c(C)c2)ccc1O. The van der Waals surface area contributed by atoms with Gasteiger partial charge in [0.25, 0.3) is 5.91 Å². The van der Waals surface area contributed by atoms with Crippen LogP contribution in [0.25, 0.3) is 0 Å². The molecule has 0 bridgehead atoms. The maximum absolute atomic E-state index is 13.0. The molecule has 1 aliphatic heterocycles. The summed E-state index contributed by atoms with van der Waals surface area (Å²) in [7, 11) is 1.44. The minimum atomic E-state index is -0.685. The van der Waals surface area contributed by atoms with Crippen LogP contribution < -0.4 is 20.7 Å². The minimum Gasteiger partial charge on any atom is -0.504 e. The molecule has 0 saturated heterocycles. The Bertz CT molecular complexity index is 982. The molecule has 146 valence electrons. The zero-order chi connectivity index (χ0) is 20.4. The first-order valence-corrected chi connectivity index (χ1v) is 8.84. The van der Waals surface area contributed by atoms with E-state index in [-0.39, 0.29) is 17.4 Å². The second-order valence-electron chi connectivity index (χ2n) is 6.75. The lowest BCUT2D eigenvalue weighted by molar-refractivity contribution is -0.113. The van der Waals surface area contributed by atoms with Crippen molar-refractivity contribution in [1.82, 2.24) is 10.6 Å². The molecule has 0 saturated carbocycles. The van der Waals surface area contributed by atoms with E-state index in [9.17, 15) is 14.7 Å². The monoisotopic (exact) mass is 381 g/mol. The number of phenols is 1. The van der Waals surface area contributed by atoms with Crippen molar-refractivity contribution in [2.45, 2.75) is 26.8 Å². The van der Waals surface area contributed by atoms with E-state index in [1.54, 1.807) is 19.1 Å². The molecule has 4 N–H and O–H groups in total. The van der Waals surface area contributed by atoms with Crippen LogP contribution in [0.5, 0.6) is 11.5 Å². The highest BCUT2D eigenvalue weighted by atomic mass is 16.5. The average Bonchev–Trinajstić information content (AvgIpc) is 2.64. The predicted molar refractivity (Wildman–Crippen MR) is 106 cm³/mol. The Hall–Kier alpha value is -3.48. The zero-order valence-electron chi connectivity index (χ0n) is 16.2. The largest absolute Gasteiger partial charge is 0.504 e. The molecule has 7 heteroatoms. The molecule has 1 atom stereocenters. The number of nitrogens with one attached hydrogen (secondary N) is 3. The molecule has 0 spiro atoms. The highest BCUT2D eigenvalue weighted by molar-refractivity contribution is 6.06. The number of urea groups is 1. The van der Waals surface area contributed by atoms with Crippen molar-refractivity contribution in [3.8, 4) is 11.5 Å². The van der Waals surface area contributed by atoms with Gasteiger partial charge in [0.05, 0.1) is 18.7 Å². The molecule has 1 unspecified atom stereocenters. The summed E-state index contributed by atoms with van der Waals surface area (Å²) in [6, 6.07) is 9.30. The smallest absolute Gasteiger partial charge is 0.319 e. The standard InChI is InChI=1S/C21H23N3O4/c1-11-5-7-15(9-12(11)2)23-20(26)18-13(3)22-21(27)24-19(18)14-6-8-16(25)17(10-14)28-4/h5-10,19,25H,1-4H3,(H,23,26)(H2,22,24,27). The van der Waals surface area contributed by atoms with Gasteiger partial charge in [-0.2, -0.15) is 0 Å².